The fourth-order valence-electron chi connectivity index (χ4n) is 2.37. The van der Waals surface area contributed by atoms with Crippen LogP contribution in [0, 0.1) is 5.41 Å². The predicted molar refractivity (Wildman–Crippen MR) is 102 cm³/mol. The maximum Gasteiger partial charge on any atom is 0.274 e. The lowest BCUT2D eigenvalue weighted by atomic mass is 10.2. The molecule has 0 unspecified atom stereocenters. The van der Waals surface area contributed by atoms with Crippen LogP contribution < -0.4 is 15.2 Å². The molecule has 5 nitrogen and oxygen atoms in total. The monoisotopic (exact) mass is 355 g/mol. The van der Waals surface area contributed by atoms with Crippen LogP contribution in [0.5, 0.6) is 10.9 Å². The molecule has 1 aromatic heterocycles. The van der Waals surface area contributed by atoms with Gasteiger partial charge in [0.2, 0.25) is 0 Å². The van der Waals surface area contributed by atoms with Crippen molar-refractivity contribution in [1.82, 2.24) is 4.98 Å². The van der Waals surface area contributed by atoms with E-state index < -0.39 is 0 Å². The lowest BCUT2D eigenvalue weighted by Gasteiger charge is -2.07. The summed E-state index contributed by atoms with van der Waals surface area (Å²) in [6.45, 7) is 1.34. The van der Waals surface area contributed by atoms with Gasteiger partial charge in [-0.2, -0.15) is 0 Å². The third kappa shape index (κ3) is 4.93. The molecule has 6 heteroatoms. The van der Waals surface area contributed by atoms with E-state index in [9.17, 15) is 0 Å². The summed E-state index contributed by atoms with van der Waals surface area (Å²) in [5.41, 5.74) is 7.12. The Labute approximate surface area is 150 Å². The van der Waals surface area contributed by atoms with Gasteiger partial charge in [-0.05, 0) is 55.7 Å². The van der Waals surface area contributed by atoms with Crippen LogP contribution in [0.1, 0.15) is 24.8 Å². The van der Waals surface area contributed by atoms with E-state index in [-0.39, 0.29) is 5.84 Å². The maximum absolute atomic E-state index is 7.35. The number of rotatable bonds is 9. The summed E-state index contributed by atoms with van der Waals surface area (Å²) in [6, 6.07) is 15.3. The van der Waals surface area contributed by atoms with Crippen molar-refractivity contribution in [3.05, 3.63) is 54.1 Å². The SMILES string of the molecule is N=C(N)c1ccc(OCCCCCOc2nc3ccccc3s2)cc1. The summed E-state index contributed by atoms with van der Waals surface area (Å²) in [7, 11) is 0. The molecule has 3 rings (SSSR count). The standard InChI is InChI=1S/C19H21N3O2S/c20-18(21)14-8-10-15(11-9-14)23-12-4-1-5-13-24-19-22-16-6-2-3-7-17(16)25-19/h2-3,6-11H,1,4-5,12-13H2,(H3,20,21). The number of ether oxygens (including phenoxy) is 2. The molecule has 1 heterocycles. The number of aromatic nitrogens is 1. The average molecular weight is 355 g/mol. The van der Waals surface area contributed by atoms with E-state index >= 15 is 0 Å². The second-order valence-corrected chi connectivity index (χ2v) is 6.64. The first-order chi connectivity index (χ1) is 12.2. The van der Waals surface area contributed by atoms with Gasteiger partial charge in [-0.25, -0.2) is 4.98 Å². The van der Waals surface area contributed by atoms with Crippen molar-refractivity contribution < 1.29 is 9.47 Å². The number of nitrogens with zero attached hydrogens (tertiary/aromatic N) is 1. The van der Waals surface area contributed by atoms with E-state index in [0.29, 0.717) is 18.8 Å². The fourth-order valence-corrected chi connectivity index (χ4v) is 3.21. The molecule has 0 radical (unpaired) electrons. The number of hydrogen-bond donors (Lipinski definition) is 2. The first-order valence-electron chi connectivity index (χ1n) is 8.28. The Balaban J connectivity index is 1.30. The fraction of sp³-hybridized carbons (Fsp3) is 0.263. The third-order valence-corrected chi connectivity index (χ3v) is 4.67. The number of nitrogens with one attached hydrogen (secondary N) is 1. The van der Waals surface area contributed by atoms with Crippen LogP contribution in [0.25, 0.3) is 10.2 Å². The van der Waals surface area contributed by atoms with Crippen LogP contribution in [0.4, 0.5) is 0 Å². The van der Waals surface area contributed by atoms with Gasteiger partial charge in [-0.3, -0.25) is 5.41 Å². The molecule has 0 spiro atoms. The summed E-state index contributed by atoms with van der Waals surface area (Å²) >= 11 is 1.58. The molecular weight excluding hydrogens is 334 g/mol. The van der Waals surface area contributed by atoms with Gasteiger partial charge in [0.05, 0.1) is 23.4 Å². The highest BCUT2D eigenvalue weighted by atomic mass is 32.1. The molecule has 130 valence electrons. The molecule has 0 amide bonds. The molecular formula is C19H21N3O2S. The number of benzene rings is 2. The number of amidine groups is 1. The van der Waals surface area contributed by atoms with E-state index in [0.717, 1.165) is 40.4 Å². The molecule has 0 saturated carbocycles. The molecule has 0 bridgehead atoms. The van der Waals surface area contributed by atoms with Gasteiger partial charge in [-0.1, -0.05) is 23.5 Å². The molecule has 0 fully saturated rings. The van der Waals surface area contributed by atoms with Gasteiger partial charge in [0.25, 0.3) is 5.19 Å². The zero-order valence-corrected chi connectivity index (χ0v) is 14.7. The number of nitrogens with two attached hydrogens (primary N) is 1. The van der Waals surface area contributed by atoms with Crippen LogP contribution in [0.3, 0.4) is 0 Å². The number of unbranched alkanes of at least 4 members (excludes halogenated alkanes) is 2. The van der Waals surface area contributed by atoms with Gasteiger partial charge in [0.15, 0.2) is 0 Å². The lowest BCUT2D eigenvalue weighted by Crippen LogP contribution is -2.10. The minimum atomic E-state index is 0.0691. The largest absolute Gasteiger partial charge is 0.494 e. The van der Waals surface area contributed by atoms with E-state index in [2.05, 4.69) is 11.1 Å². The zero-order chi connectivity index (χ0) is 17.5. The average Bonchev–Trinajstić information content (AvgIpc) is 3.04. The molecule has 3 N–H and O–H groups in total. The number of thiazole rings is 1. The summed E-state index contributed by atoms with van der Waals surface area (Å²) in [5.74, 6) is 0.871. The highest BCUT2D eigenvalue weighted by Crippen LogP contribution is 2.27. The molecule has 0 atom stereocenters. The predicted octanol–water partition coefficient (Wildman–Crippen LogP) is 4.21. The summed E-state index contributed by atoms with van der Waals surface area (Å²) in [5, 5.41) is 8.09. The van der Waals surface area contributed by atoms with Gasteiger partial charge < -0.3 is 15.2 Å². The zero-order valence-electron chi connectivity index (χ0n) is 13.9. The molecule has 0 saturated heterocycles. The van der Waals surface area contributed by atoms with Crippen molar-refractivity contribution in [3.8, 4) is 10.9 Å². The van der Waals surface area contributed by atoms with E-state index in [4.69, 9.17) is 20.6 Å². The Hall–Kier alpha value is -2.60. The first kappa shape index (κ1) is 17.2. The second kappa shape index (κ2) is 8.48. The number of nitrogen functional groups attached to an aromatic ring is 1. The molecule has 25 heavy (non-hydrogen) atoms. The summed E-state index contributed by atoms with van der Waals surface area (Å²) < 4.78 is 12.6. The minimum Gasteiger partial charge on any atom is -0.494 e. The van der Waals surface area contributed by atoms with Crippen molar-refractivity contribution in [3.63, 3.8) is 0 Å². The first-order valence-corrected chi connectivity index (χ1v) is 9.09. The maximum atomic E-state index is 7.35. The van der Waals surface area contributed by atoms with Crippen LogP contribution in [0.15, 0.2) is 48.5 Å². The van der Waals surface area contributed by atoms with E-state index in [1.807, 2.05) is 30.3 Å². The second-order valence-electron chi connectivity index (χ2n) is 5.64. The van der Waals surface area contributed by atoms with Gasteiger partial charge in [0, 0.05) is 5.56 Å². The number of fused-ring (bicyclic) bond motifs is 1. The normalized spacial score (nSPS) is 10.7. The quantitative estimate of drug-likeness (QED) is 0.342. The summed E-state index contributed by atoms with van der Waals surface area (Å²) in [6.07, 6.45) is 2.98. The third-order valence-electron chi connectivity index (χ3n) is 3.72. The highest BCUT2D eigenvalue weighted by molar-refractivity contribution is 7.20. The van der Waals surface area contributed by atoms with Gasteiger partial charge >= 0.3 is 0 Å². The van der Waals surface area contributed by atoms with Gasteiger partial charge in [-0.15, -0.1) is 0 Å². The number of hydrogen-bond acceptors (Lipinski definition) is 5. The van der Waals surface area contributed by atoms with Crippen molar-refractivity contribution in [1.29, 1.82) is 5.41 Å². The van der Waals surface area contributed by atoms with Crippen molar-refractivity contribution in [2.45, 2.75) is 19.3 Å². The minimum absolute atomic E-state index is 0.0691. The van der Waals surface area contributed by atoms with E-state index in [1.165, 1.54) is 0 Å². The van der Waals surface area contributed by atoms with Crippen LogP contribution in [-0.4, -0.2) is 24.0 Å². The van der Waals surface area contributed by atoms with Crippen LogP contribution in [0.2, 0.25) is 0 Å². The van der Waals surface area contributed by atoms with Crippen LogP contribution in [-0.2, 0) is 0 Å². The summed E-state index contributed by atoms with van der Waals surface area (Å²) in [4.78, 5) is 4.45. The van der Waals surface area contributed by atoms with Crippen molar-refractivity contribution in [2.75, 3.05) is 13.2 Å². The molecule has 0 aliphatic rings. The van der Waals surface area contributed by atoms with Gasteiger partial charge in [0.1, 0.15) is 11.6 Å². The Bertz CT molecular complexity index is 797. The topological polar surface area (TPSA) is 81.2 Å². The van der Waals surface area contributed by atoms with Crippen LogP contribution >= 0.6 is 11.3 Å². The van der Waals surface area contributed by atoms with E-state index in [1.54, 1.807) is 23.5 Å². The Kier molecular flexibility index (Phi) is 5.85. The Morgan fingerprint density at radius 2 is 1.68 bits per heavy atom. The number of para-hydroxylation sites is 1. The molecule has 0 aliphatic heterocycles. The smallest absolute Gasteiger partial charge is 0.274 e. The highest BCUT2D eigenvalue weighted by Gasteiger charge is 2.03. The lowest BCUT2D eigenvalue weighted by molar-refractivity contribution is 0.279. The molecule has 0 aliphatic carbocycles. The Morgan fingerprint density at radius 3 is 2.40 bits per heavy atom. The Morgan fingerprint density at radius 1 is 0.960 bits per heavy atom. The van der Waals surface area contributed by atoms with Crippen molar-refractivity contribution in [2.24, 2.45) is 5.73 Å². The van der Waals surface area contributed by atoms with Crippen molar-refractivity contribution >= 4 is 27.4 Å². The molecule has 2 aromatic carbocycles. The molecule has 3 aromatic rings.